The molecule has 0 aliphatic carbocycles. The van der Waals surface area contributed by atoms with Crippen LogP contribution < -0.4 is 39.9 Å². The van der Waals surface area contributed by atoms with Crippen molar-refractivity contribution in [1.29, 1.82) is 0 Å². The lowest BCUT2D eigenvalue weighted by Crippen LogP contribution is -2.47. The van der Waals surface area contributed by atoms with Gasteiger partial charge in [0.25, 0.3) is 17.7 Å². The van der Waals surface area contributed by atoms with Crippen molar-refractivity contribution in [3.05, 3.63) is 42.0 Å². The number of nitrogens with one attached hydrogen (secondary N) is 3. The highest BCUT2D eigenvalue weighted by atomic mass is 16.5. The average Bonchev–Trinajstić information content (AvgIpc) is 2.84. The van der Waals surface area contributed by atoms with Crippen LogP contribution >= 0.6 is 0 Å². The van der Waals surface area contributed by atoms with E-state index in [0.717, 1.165) is 0 Å². The number of ether oxygens (including phenoxy) is 5. The third-order valence-corrected chi connectivity index (χ3v) is 4.19. The van der Waals surface area contributed by atoms with E-state index < -0.39 is 17.7 Å². The summed E-state index contributed by atoms with van der Waals surface area (Å²) in [6.07, 6.45) is 0. The summed E-state index contributed by atoms with van der Waals surface area (Å²) in [6.45, 7) is 1.55. The Labute approximate surface area is 191 Å². The number of para-hydroxylation sites is 2. The minimum atomic E-state index is -0.640. The van der Waals surface area contributed by atoms with Crippen molar-refractivity contribution < 1.29 is 38.1 Å². The van der Waals surface area contributed by atoms with E-state index in [1.165, 1.54) is 33.5 Å². The number of rotatable bonds is 11. The van der Waals surface area contributed by atoms with E-state index in [1.807, 2.05) is 6.92 Å². The van der Waals surface area contributed by atoms with Gasteiger partial charge in [-0.25, -0.2) is 0 Å². The fraction of sp³-hybridized carbons (Fsp3) is 0.318. The number of hydrogen-bond acceptors (Lipinski definition) is 8. The molecule has 2 aromatic carbocycles. The van der Waals surface area contributed by atoms with Crippen LogP contribution in [0.15, 0.2) is 36.4 Å². The van der Waals surface area contributed by atoms with Gasteiger partial charge in [0.05, 0.1) is 34.5 Å². The van der Waals surface area contributed by atoms with Crippen molar-refractivity contribution in [2.75, 3.05) is 41.1 Å². The molecule has 0 heterocycles. The van der Waals surface area contributed by atoms with E-state index in [2.05, 4.69) is 16.2 Å². The standard InChI is InChI=1S/C22H27N3O8/c1-5-32-15-8-6-7-9-16(15)33-13-20(27)25-24-19(26)12-23-22(28)14-10-17(29-2)21(31-4)18(11-14)30-3/h6-11H,5,12-13H2,1-4H3,(H,23,28)(H,24,26)(H,25,27). The summed E-state index contributed by atoms with van der Waals surface area (Å²) in [7, 11) is 4.30. The van der Waals surface area contributed by atoms with Crippen LogP contribution in [0.4, 0.5) is 0 Å². The fourth-order valence-corrected chi connectivity index (χ4v) is 2.68. The Kier molecular flexibility index (Phi) is 9.62. The second-order valence-electron chi connectivity index (χ2n) is 6.36. The van der Waals surface area contributed by atoms with Crippen molar-refractivity contribution in [2.45, 2.75) is 6.92 Å². The van der Waals surface area contributed by atoms with Gasteiger partial charge in [0.1, 0.15) is 0 Å². The molecule has 11 heteroatoms. The van der Waals surface area contributed by atoms with Gasteiger partial charge in [-0.05, 0) is 31.2 Å². The van der Waals surface area contributed by atoms with Crippen molar-refractivity contribution in [3.63, 3.8) is 0 Å². The van der Waals surface area contributed by atoms with Crippen LogP contribution in [0.5, 0.6) is 28.7 Å². The molecule has 0 saturated carbocycles. The molecule has 0 bridgehead atoms. The predicted molar refractivity (Wildman–Crippen MR) is 118 cm³/mol. The van der Waals surface area contributed by atoms with Gasteiger partial charge in [-0.1, -0.05) is 12.1 Å². The third kappa shape index (κ3) is 7.20. The fourth-order valence-electron chi connectivity index (χ4n) is 2.68. The monoisotopic (exact) mass is 461 g/mol. The maximum absolute atomic E-state index is 12.4. The Bertz CT molecular complexity index is 955. The second kappa shape index (κ2) is 12.6. The van der Waals surface area contributed by atoms with E-state index in [4.69, 9.17) is 23.7 Å². The summed E-state index contributed by atoms with van der Waals surface area (Å²) in [5, 5.41) is 2.44. The van der Waals surface area contributed by atoms with Gasteiger partial charge in [-0.2, -0.15) is 0 Å². The SMILES string of the molecule is CCOc1ccccc1OCC(=O)NNC(=O)CNC(=O)c1cc(OC)c(OC)c(OC)c1. The van der Waals surface area contributed by atoms with Crippen molar-refractivity contribution in [1.82, 2.24) is 16.2 Å². The van der Waals surface area contributed by atoms with Crippen molar-refractivity contribution >= 4 is 17.7 Å². The smallest absolute Gasteiger partial charge is 0.276 e. The number of methoxy groups -OCH3 is 3. The van der Waals surface area contributed by atoms with Gasteiger partial charge in [0, 0.05) is 5.56 Å². The molecule has 2 aromatic rings. The van der Waals surface area contributed by atoms with Crippen molar-refractivity contribution in [3.8, 4) is 28.7 Å². The molecule has 3 N–H and O–H groups in total. The van der Waals surface area contributed by atoms with Gasteiger partial charge in [-0.3, -0.25) is 25.2 Å². The summed E-state index contributed by atoms with van der Waals surface area (Å²) < 4.78 is 26.4. The Morgan fingerprint density at radius 3 is 1.91 bits per heavy atom. The van der Waals surface area contributed by atoms with Gasteiger partial charge < -0.3 is 29.0 Å². The number of hydrogen-bond donors (Lipinski definition) is 3. The van der Waals surface area contributed by atoms with Gasteiger partial charge in [0.2, 0.25) is 5.75 Å². The number of hydrazine groups is 1. The first-order valence-electron chi connectivity index (χ1n) is 9.93. The molecule has 0 atom stereocenters. The molecule has 0 aliphatic rings. The molecule has 2 rings (SSSR count). The molecule has 178 valence electrons. The van der Waals surface area contributed by atoms with Crippen molar-refractivity contribution in [2.24, 2.45) is 0 Å². The van der Waals surface area contributed by atoms with E-state index in [-0.39, 0.29) is 18.7 Å². The first kappa shape index (κ1) is 25.1. The number of carbonyl (C=O) groups excluding carboxylic acids is 3. The first-order chi connectivity index (χ1) is 15.9. The largest absolute Gasteiger partial charge is 0.493 e. The summed E-state index contributed by atoms with van der Waals surface area (Å²) in [4.78, 5) is 36.3. The molecule has 0 fully saturated rings. The summed E-state index contributed by atoms with van der Waals surface area (Å²) in [6, 6.07) is 9.81. The molecule has 0 aromatic heterocycles. The average molecular weight is 461 g/mol. The number of carbonyl (C=O) groups is 3. The normalized spacial score (nSPS) is 9.94. The first-order valence-corrected chi connectivity index (χ1v) is 9.93. The maximum atomic E-state index is 12.4. The van der Waals surface area contributed by atoms with E-state index in [9.17, 15) is 14.4 Å². The van der Waals surface area contributed by atoms with E-state index >= 15 is 0 Å². The predicted octanol–water partition coefficient (Wildman–Crippen LogP) is 1.07. The Morgan fingerprint density at radius 2 is 1.36 bits per heavy atom. The van der Waals surface area contributed by atoms with Gasteiger partial charge in [-0.15, -0.1) is 0 Å². The van der Waals surface area contributed by atoms with Crippen LogP contribution in [0.1, 0.15) is 17.3 Å². The van der Waals surface area contributed by atoms with Crippen LogP contribution in [0.2, 0.25) is 0 Å². The lowest BCUT2D eigenvalue weighted by atomic mass is 10.1. The van der Waals surface area contributed by atoms with Gasteiger partial charge >= 0.3 is 0 Å². The quantitative estimate of drug-likeness (QED) is 0.423. The topological polar surface area (TPSA) is 133 Å². The minimum absolute atomic E-state index is 0.197. The summed E-state index contributed by atoms with van der Waals surface area (Å²) in [5.41, 5.74) is 4.60. The molecular weight excluding hydrogens is 434 g/mol. The molecule has 0 spiro atoms. The lowest BCUT2D eigenvalue weighted by molar-refractivity contribution is -0.129. The summed E-state index contributed by atoms with van der Waals surface area (Å²) in [5.74, 6) is 0.0539. The highest BCUT2D eigenvalue weighted by molar-refractivity contribution is 5.97. The minimum Gasteiger partial charge on any atom is -0.493 e. The van der Waals surface area contributed by atoms with Crippen LogP contribution in [0, 0.1) is 0 Å². The highest BCUT2D eigenvalue weighted by Gasteiger charge is 2.17. The number of amides is 3. The Balaban J connectivity index is 1.82. The molecule has 0 unspecified atom stereocenters. The Hall–Kier alpha value is -4.15. The molecule has 0 radical (unpaired) electrons. The zero-order chi connectivity index (χ0) is 24.2. The van der Waals surface area contributed by atoms with Crippen LogP contribution in [0.25, 0.3) is 0 Å². The van der Waals surface area contributed by atoms with Crippen LogP contribution in [-0.2, 0) is 9.59 Å². The lowest BCUT2D eigenvalue weighted by Gasteiger charge is -2.14. The van der Waals surface area contributed by atoms with Crippen LogP contribution in [0.3, 0.4) is 0 Å². The molecule has 33 heavy (non-hydrogen) atoms. The Morgan fingerprint density at radius 1 is 0.788 bits per heavy atom. The van der Waals surface area contributed by atoms with Gasteiger partial charge in [0.15, 0.2) is 29.6 Å². The zero-order valence-corrected chi connectivity index (χ0v) is 18.9. The maximum Gasteiger partial charge on any atom is 0.276 e. The van der Waals surface area contributed by atoms with E-state index in [1.54, 1.807) is 24.3 Å². The molecule has 3 amide bonds. The van der Waals surface area contributed by atoms with Crippen LogP contribution in [-0.4, -0.2) is 58.8 Å². The molecule has 11 nitrogen and oxygen atoms in total. The summed E-state index contributed by atoms with van der Waals surface area (Å²) >= 11 is 0. The van der Waals surface area contributed by atoms with E-state index in [0.29, 0.717) is 35.4 Å². The third-order valence-electron chi connectivity index (χ3n) is 4.19. The molecular formula is C22H27N3O8. The molecule has 0 saturated heterocycles. The second-order valence-corrected chi connectivity index (χ2v) is 6.36. The highest BCUT2D eigenvalue weighted by Crippen LogP contribution is 2.38. The zero-order valence-electron chi connectivity index (χ0n) is 18.9. The number of benzene rings is 2. The molecule has 0 aliphatic heterocycles.